The second-order valence-electron chi connectivity index (χ2n) is 4.96. The molecule has 1 fully saturated rings. The highest BCUT2D eigenvalue weighted by Gasteiger charge is 2.21. The molecule has 1 aliphatic rings. The van der Waals surface area contributed by atoms with E-state index in [-0.39, 0.29) is 0 Å². The molecule has 96 valence electrons. The molecule has 1 N–H and O–H groups in total. The summed E-state index contributed by atoms with van der Waals surface area (Å²) in [5.74, 6) is 0.926. The van der Waals surface area contributed by atoms with Gasteiger partial charge in [0.2, 0.25) is 0 Å². The van der Waals surface area contributed by atoms with E-state index in [2.05, 4.69) is 24.1 Å². The number of ether oxygens (including phenoxy) is 1. The lowest BCUT2D eigenvalue weighted by molar-refractivity contribution is 0.125. The molecule has 3 nitrogen and oxygen atoms in total. The van der Waals surface area contributed by atoms with Crippen LogP contribution >= 0.6 is 0 Å². The van der Waals surface area contributed by atoms with Crippen LogP contribution in [0.2, 0.25) is 0 Å². The number of methoxy groups -OCH3 is 1. The van der Waals surface area contributed by atoms with E-state index in [0.29, 0.717) is 6.04 Å². The minimum absolute atomic E-state index is 0.659. The molecule has 0 radical (unpaired) electrons. The number of hydrogen-bond acceptors (Lipinski definition) is 3. The molecule has 0 bridgehead atoms. The molecule has 0 spiro atoms. The van der Waals surface area contributed by atoms with Gasteiger partial charge in [-0.3, -0.25) is 4.90 Å². The van der Waals surface area contributed by atoms with Crippen LogP contribution in [0.3, 0.4) is 0 Å². The van der Waals surface area contributed by atoms with Crippen molar-refractivity contribution in [3.8, 4) is 0 Å². The van der Waals surface area contributed by atoms with E-state index >= 15 is 0 Å². The van der Waals surface area contributed by atoms with Crippen molar-refractivity contribution < 1.29 is 4.74 Å². The Kier molecular flexibility index (Phi) is 7.01. The maximum absolute atomic E-state index is 5.03. The third-order valence-electron chi connectivity index (χ3n) is 3.67. The Hall–Kier alpha value is -0.120. The average Bonchev–Trinajstić information content (AvgIpc) is 2.34. The molecule has 0 aromatic carbocycles. The van der Waals surface area contributed by atoms with Gasteiger partial charge in [0.05, 0.1) is 6.61 Å². The Balaban J connectivity index is 2.16. The molecular weight excluding hydrogens is 200 g/mol. The molecule has 1 saturated heterocycles. The summed E-state index contributed by atoms with van der Waals surface area (Å²) in [5.41, 5.74) is 0. The van der Waals surface area contributed by atoms with Crippen molar-refractivity contribution in [3.63, 3.8) is 0 Å². The summed E-state index contributed by atoms with van der Waals surface area (Å²) in [6.07, 6.45) is 4.14. The van der Waals surface area contributed by atoms with E-state index in [9.17, 15) is 0 Å². The second kappa shape index (κ2) is 8.04. The Labute approximate surface area is 101 Å². The number of piperidine rings is 1. The summed E-state index contributed by atoms with van der Waals surface area (Å²) in [6.45, 7) is 10.1. The van der Waals surface area contributed by atoms with E-state index in [1.165, 1.54) is 32.4 Å². The van der Waals surface area contributed by atoms with Crippen LogP contribution in [-0.2, 0) is 4.74 Å². The van der Waals surface area contributed by atoms with Crippen molar-refractivity contribution in [2.45, 2.75) is 39.2 Å². The van der Waals surface area contributed by atoms with Gasteiger partial charge in [-0.15, -0.1) is 0 Å². The van der Waals surface area contributed by atoms with Gasteiger partial charge in [0.25, 0.3) is 0 Å². The van der Waals surface area contributed by atoms with E-state index in [4.69, 9.17) is 4.74 Å². The minimum atomic E-state index is 0.659. The Morgan fingerprint density at radius 3 is 3.00 bits per heavy atom. The molecule has 0 aromatic rings. The molecule has 1 heterocycles. The van der Waals surface area contributed by atoms with Gasteiger partial charge in [0, 0.05) is 32.8 Å². The molecule has 16 heavy (non-hydrogen) atoms. The zero-order chi connectivity index (χ0) is 11.8. The molecule has 3 heteroatoms. The van der Waals surface area contributed by atoms with Crippen LogP contribution in [-0.4, -0.2) is 50.8 Å². The van der Waals surface area contributed by atoms with Crippen molar-refractivity contribution in [2.75, 3.05) is 39.9 Å². The molecule has 1 rings (SSSR count). The number of likely N-dealkylation sites (tertiary alicyclic amines) is 1. The fourth-order valence-electron chi connectivity index (χ4n) is 2.45. The zero-order valence-electron chi connectivity index (χ0n) is 11.2. The molecule has 2 atom stereocenters. The summed E-state index contributed by atoms with van der Waals surface area (Å²) in [5, 5.41) is 3.45. The minimum Gasteiger partial charge on any atom is -0.383 e. The summed E-state index contributed by atoms with van der Waals surface area (Å²) in [6, 6.07) is 0.659. The standard InChI is InChI=1S/C13H28N2O/c1-4-13-6-5-8-15(11-13)12(2)10-14-7-9-16-3/h12-14H,4-11H2,1-3H3. The van der Waals surface area contributed by atoms with Crippen LogP contribution in [0.15, 0.2) is 0 Å². The molecule has 1 aliphatic heterocycles. The van der Waals surface area contributed by atoms with Crippen molar-refractivity contribution in [1.29, 1.82) is 0 Å². The monoisotopic (exact) mass is 228 g/mol. The van der Waals surface area contributed by atoms with Crippen molar-refractivity contribution >= 4 is 0 Å². The van der Waals surface area contributed by atoms with E-state index in [0.717, 1.165) is 25.6 Å². The lowest BCUT2D eigenvalue weighted by Crippen LogP contribution is -2.46. The first kappa shape index (κ1) is 13.9. The zero-order valence-corrected chi connectivity index (χ0v) is 11.2. The Morgan fingerprint density at radius 2 is 2.31 bits per heavy atom. The van der Waals surface area contributed by atoms with Crippen molar-refractivity contribution in [3.05, 3.63) is 0 Å². The number of hydrogen-bond donors (Lipinski definition) is 1. The first-order chi connectivity index (χ1) is 7.77. The van der Waals surface area contributed by atoms with E-state index in [1.807, 2.05) is 0 Å². The number of nitrogens with one attached hydrogen (secondary N) is 1. The Bertz CT molecular complexity index is 175. The molecule has 0 saturated carbocycles. The number of nitrogens with zero attached hydrogens (tertiary/aromatic N) is 1. The predicted molar refractivity (Wildman–Crippen MR) is 68.8 cm³/mol. The smallest absolute Gasteiger partial charge is 0.0587 e. The highest BCUT2D eigenvalue weighted by atomic mass is 16.5. The first-order valence-corrected chi connectivity index (χ1v) is 6.71. The first-order valence-electron chi connectivity index (χ1n) is 6.71. The van der Waals surface area contributed by atoms with Gasteiger partial charge >= 0.3 is 0 Å². The number of rotatable bonds is 7. The lowest BCUT2D eigenvalue weighted by Gasteiger charge is -2.36. The van der Waals surface area contributed by atoms with Gasteiger partial charge in [-0.2, -0.15) is 0 Å². The average molecular weight is 228 g/mol. The van der Waals surface area contributed by atoms with Crippen molar-refractivity contribution in [2.24, 2.45) is 5.92 Å². The summed E-state index contributed by atoms with van der Waals surface area (Å²) >= 11 is 0. The van der Waals surface area contributed by atoms with Crippen molar-refractivity contribution in [1.82, 2.24) is 10.2 Å². The van der Waals surface area contributed by atoms with Gasteiger partial charge in [0.1, 0.15) is 0 Å². The molecule has 0 aliphatic carbocycles. The Morgan fingerprint density at radius 1 is 1.50 bits per heavy atom. The predicted octanol–water partition coefficient (Wildman–Crippen LogP) is 1.73. The third kappa shape index (κ3) is 4.81. The van der Waals surface area contributed by atoms with Crippen LogP contribution in [0.25, 0.3) is 0 Å². The highest BCUT2D eigenvalue weighted by Crippen LogP contribution is 2.20. The second-order valence-corrected chi connectivity index (χ2v) is 4.96. The van der Waals surface area contributed by atoms with E-state index in [1.54, 1.807) is 7.11 Å². The van der Waals surface area contributed by atoms with Gasteiger partial charge in [-0.1, -0.05) is 13.3 Å². The van der Waals surface area contributed by atoms with Gasteiger partial charge in [0.15, 0.2) is 0 Å². The molecule has 0 amide bonds. The highest BCUT2D eigenvalue weighted by molar-refractivity contribution is 4.77. The van der Waals surface area contributed by atoms with Crippen LogP contribution < -0.4 is 5.32 Å². The molecule has 2 unspecified atom stereocenters. The van der Waals surface area contributed by atoms with Gasteiger partial charge < -0.3 is 10.1 Å². The maximum Gasteiger partial charge on any atom is 0.0587 e. The van der Waals surface area contributed by atoms with Crippen LogP contribution in [0.5, 0.6) is 0 Å². The third-order valence-corrected chi connectivity index (χ3v) is 3.67. The molecular formula is C13H28N2O. The van der Waals surface area contributed by atoms with E-state index < -0.39 is 0 Å². The summed E-state index contributed by atoms with van der Waals surface area (Å²) in [4.78, 5) is 2.64. The van der Waals surface area contributed by atoms with Gasteiger partial charge in [-0.05, 0) is 32.2 Å². The van der Waals surface area contributed by atoms with Gasteiger partial charge in [-0.25, -0.2) is 0 Å². The fraction of sp³-hybridized carbons (Fsp3) is 1.00. The van der Waals surface area contributed by atoms with Crippen LogP contribution in [0.1, 0.15) is 33.1 Å². The normalized spacial score (nSPS) is 24.6. The van der Waals surface area contributed by atoms with Crippen LogP contribution in [0.4, 0.5) is 0 Å². The topological polar surface area (TPSA) is 24.5 Å². The summed E-state index contributed by atoms with van der Waals surface area (Å²) in [7, 11) is 1.75. The fourth-order valence-corrected chi connectivity index (χ4v) is 2.45. The molecule has 0 aromatic heterocycles. The summed E-state index contributed by atoms with van der Waals surface area (Å²) < 4.78 is 5.03. The SMILES string of the molecule is CCC1CCCN(C(C)CNCCOC)C1. The quantitative estimate of drug-likeness (QED) is 0.672. The lowest BCUT2D eigenvalue weighted by atomic mass is 9.95. The van der Waals surface area contributed by atoms with Crippen LogP contribution in [0, 0.1) is 5.92 Å². The maximum atomic E-state index is 5.03. The largest absolute Gasteiger partial charge is 0.383 e.